The van der Waals surface area contributed by atoms with Crippen LogP contribution in [0.1, 0.15) is 65.2 Å². The van der Waals surface area contributed by atoms with Gasteiger partial charge in [0, 0.05) is 31.7 Å². The van der Waals surface area contributed by atoms with Crippen molar-refractivity contribution in [3.63, 3.8) is 0 Å². The number of piperidine rings is 1. The molecule has 4 aliphatic rings. The fraction of sp³-hybridized carbons (Fsp3) is 0.815. The van der Waals surface area contributed by atoms with Crippen molar-refractivity contribution < 1.29 is 19.1 Å². The molecule has 8 nitrogen and oxygen atoms in total. The van der Waals surface area contributed by atoms with Crippen LogP contribution < -0.4 is 10.6 Å². The minimum absolute atomic E-state index is 0.0161. The summed E-state index contributed by atoms with van der Waals surface area (Å²) in [5.41, 5.74) is -0.541. The third-order valence-electron chi connectivity index (χ3n) is 8.36. The molecule has 196 valence electrons. The van der Waals surface area contributed by atoms with Crippen LogP contribution in [-0.2, 0) is 19.1 Å². The van der Waals surface area contributed by atoms with Gasteiger partial charge in [-0.15, -0.1) is 0 Å². The molecule has 0 unspecified atom stereocenters. The third kappa shape index (κ3) is 6.64. The van der Waals surface area contributed by atoms with E-state index in [1.54, 1.807) is 0 Å². The van der Waals surface area contributed by atoms with Crippen LogP contribution in [0.25, 0.3) is 0 Å². The van der Waals surface area contributed by atoms with E-state index in [-0.39, 0.29) is 29.7 Å². The van der Waals surface area contributed by atoms with Gasteiger partial charge in [-0.3, -0.25) is 19.3 Å². The third-order valence-corrected chi connectivity index (χ3v) is 8.36. The van der Waals surface area contributed by atoms with Crippen LogP contribution in [0, 0.1) is 17.3 Å². The van der Waals surface area contributed by atoms with Gasteiger partial charge >= 0.3 is 0 Å². The Morgan fingerprint density at radius 2 is 1.86 bits per heavy atom. The average molecular weight is 489 g/mol. The zero-order valence-corrected chi connectivity index (χ0v) is 21.6. The summed E-state index contributed by atoms with van der Waals surface area (Å²) in [6.45, 7) is 9.11. The largest absolute Gasteiger partial charge is 0.381 e. The summed E-state index contributed by atoms with van der Waals surface area (Å²) < 4.78 is 5.71. The first-order chi connectivity index (χ1) is 16.9. The van der Waals surface area contributed by atoms with E-state index in [0.717, 1.165) is 51.9 Å². The first kappa shape index (κ1) is 26.1. The molecule has 4 rings (SSSR count). The van der Waals surface area contributed by atoms with E-state index in [1.165, 1.54) is 0 Å². The average Bonchev–Trinajstić information content (AvgIpc) is 3.38. The number of rotatable bonds is 4. The number of ether oxygens (including phenoxy) is 1. The van der Waals surface area contributed by atoms with Crippen molar-refractivity contribution in [2.75, 3.05) is 45.9 Å². The van der Waals surface area contributed by atoms with Crippen molar-refractivity contribution in [3.8, 4) is 0 Å². The van der Waals surface area contributed by atoms with Crippen molar-refractivity contribution in [2.45, 2.75) is 77.3 Å². The maximum Gasteiger partial charge on any atom is 0.242 e. The molecular formula is C27H44N4O4. The van der Waals surface area contributed by atoms with Gasteiger partial charge in [0.2, 0.25) is 17.7 Å². The van der Waals surface area contributed by atoms with Crippen LogP contribution in [0.5, 0.6) is 0 Å². The normalized spacial score (nSPS) is 31.3. The second-order valence-electron chi connectivity index (χ2n) is 11.4. The zero-order valence-electron chi connectivity index (χ0n) is 21.6. The predicted octanol–water partition coefficient (Wildman–Crippen LogP) is 2.09. The maximum atomic E-state index is 13.7. The molecule has 0 aromatic carbocycles. The van der Waals surface area contributed by atoms with Gasteiger partial charge in [0.25, 0.3) is 0 Å². The number of hydrogen-bond acceptors (Lipinski definition) is 5. The van der Waals surface area contributed by atoms with E-state index in [1.807, 2.05) is 4.90 Å². The summed E-state index contributed by atoms with van der Waals surface area (Å²) >= 11 is 0. The number of nitrogens with zero attached hydrogens (tertiary/aromatic N) is 2. The van der Waals surface area contributed by atoms with E-state index in [9.17, 15) is 14.4 Å². The lowest BCUT2D eigenvalue weighted by molar-refractivity contribution is -0.139. The van der Waals surface area contributed by atoms with E-state index < -0.39 is 11.5 Å². The Morgan fingerprint density at radius 1 is 1.11 bits per heavy atom. The molecule has 0 saturated carbocycles. The Hall–Kier alpha value is -1.93. The highest BCUT2D eigenvalue weighted by Crippen LogP contribution is 2.37. The molecule has 0 aromatic heterocycles. The van der Waals surface area contributed by atoms with Gasteiger partial charge in [-0.25, -0.2) is 0 Å². The molecule has 3 saturated heterocycles. The second kappa shape index (κ2) is 11.9. The summed E-state index contributed by atoms with van der Waals surface area (Å²) in [4.78, 5) is 43.8. The molecule has 35 heavy (non-hydrogen) atoms. The van der Waals surface area contributed by atoms with E-state index in [2.05, 4.69) is 41.5 Å². The number of carbonyl (C=O) groups excluding carboxylic acids is 3. The molecule has 0 bridgehead atoms. The topological polar surface area (TPSA) is 91.0 Å². The van der Waals surface area contributed by atoms with E-state index in [4.69, 9.17) is 4.74 Å². The van der Waals surface area contributed by atoms with Gasteiger partial charge in [0.05, 0.1) is 18.6 Å². The Kier molecular flexibility index (Phi) is 8.87. The van der Waals surface area contributed by atoms with Gasteiger partial charge in [-0.05, 0) is 70.4 Å². The van der Waals surface area contributed by atoms with Crippen molar-refractivity contribution in [1.29, 1.82) is 0 Å². The van der Waals surface area contributed by atoms with Crippen molar-refractivity contribution >= 4 is 17.7 Å². The summed E-state index contributed by atoms with van der Waals surface area (Å²) in [5, 5.41) is 6.40. The molecule has 8 heteroatoms. The highest BCUT2D eigenvalue weighted by atomic mass is 16.5. The van der Waals surface area contributed by atoms with Crippen molar-refractivity contribution in [3.05, 3.63) is 12.2 Å². The maximum absolute atomic E-state index is 13.7. The van der Waals surface area contributed by atoms with Gasteiger partial charge in [0.15, 0.2) is 0 Å². The molecule has 0 radical (unpaired) electrons. The van der Waals surface area contributed by atoms with Gasteiger partial charge in [-0.1, -0.05) is 26.0 Å². The Bertz CT molecular complexity index is 784. The van der Waals surface area contributed by atoms with Crippen LogP contribution in [-0.4, -0.2) is 85.5 Å². The summed E-state index contributed by atoms with van der Waals surface area (Å²) in [6, 6.07) is -0.446. The molecular weight excluding hydrogens is 444 g/mol. The van der Waals surface area contributed by atoms with E-state index >= 15 is 0 Å². The first-order valence-electron chi connectivity index (χ1n) is 13.7. The number of likely N-dealkylation sites (tertiary alicyclic amines) is 2. The van der Waals surface area contributed by atoms with Crippen LogP contribution in [0.15, 0.2) is 12.2 Å². The number of amides is 3. The SMILES string of the molecule is CC(C)C[C@H]1NC(=O)C2(C/C=C\C[C@@H]3COCC[C@@H]3NC1=O)CCN(CC(=O)N1CCCC1)CC2. The van der Waals surface area contributed by atoms with Crippen LogP contribution in [0.4, 0.5) is 0 Å². The lowest BCUT2D eigenvalue weighted by atomic mass is 9.74. The smallest absolute Gasteiger partial charge is 0.242 e. The number of hydrogen-bond donors (Lipinski definition) is 2. The highest BCUT2D eigenvalue weighted by Gasteiger charge is 2.43. The van der Waals surface area contributed by atoms with Gasteiger partial charge < -0.3 is 20.3 Å². The Morgan fingerprint density at radius 3 is 2.57 bits per heavy atom. The summed E-state index contributed by atoms with van der Waals surface area (Å²) in [5.74, 6) is 0.668. The minimum Gasteiger partial charge on any atom is -0.381 e. The molecule has 3 amide bonds. The van der Waals surface area contributed by atoms with Crippen LogP contribution >= 0.6 is 0 Å². The number of carbonyl (C=O) groups is 3. The van der Waals surface area contributed by atoms with Gasteiger partial charge in [-0.2, -0.15) is 0 Å². The van der Waals surface area contributed by atoms with Gasteiger partial charge in [0.1, 0.15) is 6.04 Å². The molecule has 1 spiro atoms. The first-order valence-corrected chi connectivity index (χ1v) is 13.7. The fourth-order valence-corrected chi connectivity index (χ4v) is 6.02. The zero-order chi connectivity index (χ0) is 24.8. The second-order valence-corrected chi connectivity index (χ2v) is 11.4. The lowest BCUT2D eigenvalue weighted by Crippen LogP contribution is -2.57. The van der Waals surface area contributed by atoms with Crippen molar-refractivity contribution in [2.24, 2.45) is 17.3 Å². The fourth-order valence-electron chi connectivity index (χ4n) is 6.02. The Labute approximate surface area is 210 Å². The number of nitrogens with one attached hydrogen (secondary N) is 2. The predicted molar refractivity (Wildman–Crippen MR) is 135 cm³/mol. The Balaban J connectivity index is 1.47. The van der Waals surface area contributed by atoms with Crippen LogP contribution in [0.3, 0.4) is 0 Å². The summed E-state index contributed by atoms with van der Waals surface area (Å²) in [6.07, 6.45) is 10.9. The highest BCUT2D eigenvalue weighted by molar-refractivity contribution is 5.90. The molecule has 0 aliphatic carbocycles. The molecule has 3 fully saturated rings. The quantitative estimate of drug-likeness (QED) is 0.592. The molecule has 2 N–H and O–H groups in total. The van der Waals surface area contributed by atoms with Crippen LogP contribution in [0.2, 0.25) is 0 Å². The number of allylic oxidation sites excluding steroid dienone is 2. The summed E-state index contributed by atoms with van der Waals surface area (Å²) in [7, 11) is 0. The monoisotopic (exact) mass is 488 g/mol. The number of fused-ring (bicyclic) bond motifs is 1. The van der Waals surface area contributed by atoms with Crippen molar-refractivity contribution in [1.82, 2.24) is 20.4 Å². The molecule has 4 aliphatic heterocycles. The molecule has 0 aromatic rings. The minimum atomic E-state index is -0.541. The standard InChI is InChI=1S/C27H44N4O4/c1-20(2)17-23-25(33)28-22-8-16-35-19-21(22)7-3-4-9-27(26(34)29-23)10-14-30(15-11-27)18-24(32)31-12-5-6-13-31/h3-4,20-23H,5-19H2,1-2H3,(H,28,33)(H,29,34)/b4-3-/t21-,22+,23-/m1/s1. The molecule has 4 heterocycles. The van der Waals surface area contributed by atoms with E-state index in [0.29, 0.717) is 51.4 Å². The molecule has 3 atom stereocenters. The lowest BCUT2D eigenvalue weighted by Gasteiger charge is -2.41.